The first-order valence-electron chi connectivity index (χ1n) is 12.3. The maximum absolute atomic E-state index is 14.1. The lowest BCUT2D eigenvalue weighted by Gasteiger charge is -2.48. The van der Waals surface area contributed by atoms with Gasteiger partial charge in [-0.1, -0.05) is 36.4 Å². The molecule has 1 atom stereocenters. The van der Waals surface area contributed by atoms with E-state index >= 15 is 0 Å². The lowest BCUT2D eigenvalue weighted by atomic mass is 9.81. The van der Waals surface area contributed by atoms with Crippen LogP contribution in [0.2, 0.25) is 0 Å². The number of β-lactam (4-membered cyclic amide) rings is 1. The van der Waals surface area contributed by atoms with Crippen LogP contribution in [0, 0.1) is 0 Å². The van der Waals surface area contributed by atoms with Crippen LogP contribution in [0.25, 0.3) is 6.08 Å². The summed E-state index contributed by atoms with van der Waals surface area (Å²) in [7, 11) is 8.94. The highest BCUT2D eigenvalue weighted by Crippen LogP contribution is 2.47. The maximum Gasteiger partial charge on any atom is 0.255 e. The van der Waals surface area contributed by atoms with Gasteiger partial charge in [0.25, 0.3) is 5.91 Å². The molecule has 0 bridgehead atoms. The maximum atomic E-state index is 14.1. The van der Waals surface area contributed by atoms with E-state index in [4.69, 9.17) is 28.4 Å². The zero-order chi connectivity index (χ0) is 28.9. The minimum Gasteiger partial charge on any atom is -0.493 e. The number of hydrogen-bond donors (Lipinski definition) is 1. The summed E-state index contributed by atoms with van der Waals surface area (Å²) >= 11 is 0. The van der Waals surface area contributed by atoms with Crippen LogP contribution in [0.3, 0.4) is 0 Å². The molecule has 1 fully saturated rings. The second-order valence-electron chi connectivity index (χ2n) is 8.83. The summed E-state index contributed by atoms with van der Waals surface area (Å²) in [5.74, 6) is 1.50. The molecule has 1 N–H and O–H groups in total. The predicted octanol–water partition coefficient (Wildman–Crippen LogP) is 4.57. The lowest BCUT2D eigenvalue weighted by Crippen LogP contribution is -2.68. The Morgan fingerprint density at radius 3 is 1.73 bits per heavy atom. The summed E-state index contributed by atoms with van der Waals surface area (Å²) in [6.07, 6.45) is 3.47. The van der Waals surface area contributed by atoms with Crippen molar-refractivity contribution in [3.63, 3.8) is 0 Å². The van der Waals surface area contributed by atoms with Gasteiger partial charge in [0.15, 0.2) is 28.5 Å². The van der Waals surface area contributed by atoms with Gasteiger partial charge in [-0.15, -0.1) is 0 Å². The van der Waals surface area contributed by atoms with E-state index in [1.54, 1.807) is 30.3 Å². The largest absolute Gasteiger partial charge is 0.493 e. The van der Waals surface area contributed by atoms with E-state index in [-0.39, 0.29) is 12.3 Å². The van der Waals surface area contributed by atoms with Crippen LogP contribution in [-0.4, -0.2) is 60.0 Å². The quantitative estimate of drug-likeness (QED) is 0.348. The molecule has 0 saturated carbocycles. The molecule has 10 heteroatoms. The molecule has 1 aliphatic heterocycles. The molecule has 0 aliphatic carbocycles. The topological polar surface area (TPSA) is 105 Å². The number of nitrogens with zero attached hydrogens (tertiary/aromatic N) is 1. The molecule has 0 radical (unpaired) electrons. The monoisotopic (exact) mass is 548 g/mol. The predicted molar refractivity (Wildman–Crippen MR) is 151 cm³/mol. The average molecular weight is 549 g/mol. The normalized spacial score (nSPS) is 16.2. The van der Waals surface area contributed by atoms with Gasteiger partial charge in [0.1, 0.15) is 0 Å². The van der Waals surface area contributed by atoms with Gasteiger partial charge in [-0.05, 0) is 11.6 Å². The van der Waals surface area contributed by atoms with E-state index in [9.17, 15) is 9.59 Å². The molecular weight excluding hydrogens is 516 g/mol. The third-order valence-electron chi connectivity index (χ3n) is 6.64. The van der Waals surface area contributed by atoms with Gasteiger partial charge in [-0.25, -0.2) is 0 Å². The highest BCUT2D eigenvalue weighted by atomic mass is 16.5. The summed E-state index contributed by atoms with van der Waals surface area (Å²) in [4.78, 5) is 28.7. The molecule has 1 heterocycles. The van der Waals surface area contributed by atoms with E-state index in [0.29, 0.717) is 45.9 Å². The summed E-state index contributed by atoms with van der Waals surface area (Å²) in [5, 5.41) is 2.93. The molecule has 1 unspecified atom stereocenters. The van der Waals surface area contributed by atoms with Crippen molar-refractivity contribution in [1.29, 1.82) is 0 Å². The minimum absolute atomic E-state index is 0.0662. The molecule has 10 nitrogen and oxygen atoms in total. The number of ether oxygens (including phenoxy) is 6. The van der Waals surface area contributed by atoms with E-state index in [1.807, 2.05) is 36.4 Å². The fourth-order valence-corrected chi connectivity index (χ4v) is 4.67. The first-order valence-corrected chi connectivity index (χ1v) is 12.3. The molecule has 3 aromatic rings. The fraction of sp³-hybridized carbons (Fsp3) is 0.267. The van der Waals surface area contributed by atoms with Gasteiger partial charge in [0.05, 0.1) is 54.8 Å². The summed E-state index contributed by atoms with van der Waals surface area (Å²) < 4.78 is 32.7. The summed E-state index contributed by atoms with van der Waals surface area (Å²) in [6.45, 7) is 0. The van der Waals surface area contributed by atoms with Crippen LogP contribution >= 0.6 is 0 Å². The highest BCUT2D eigenvalue weighted by molar-refractivity contribution is 6.18. The van der Waals surface area contributed by atoms with Crippen molar-refractivity contribution in [2.75, 3.05) is 52.9 Å². The summed E-state index contributed by atoms with van der Waals surface area (Å²) in [6, 6.07) is 16.0. The van der Waals surface area contributed by atoms with Crippen molar-refractivity contribution in [1.82, 2.24) is 0 Å². The third-order valence-corrected chi connectivity index (χ3v) is 6.64. The molecule has 2 amide bonds. The van der Waals surface area contributed by atoms with Gasteiger partial charge < -0.3 is 33.7 Å². The van der Waals surface area contributed by atoms with Crippen molar-refractivity contribution in [2.24, 2.45) is 0 Å². The molecule has 1 saturated heterocycles. The van der Waals surface area contributed by atoms with Crippen molar-refractivity contribution in [3.05, 3.63) is 66.2 Å². The first kappa shape index (κ1) is 28.2. The van der Waals surface area contributed by atoms with E-state index < -0.39 is 11.4 Å². The van der Waals surface area contributed by atoms with Crippen LogP contribution in [0.1, 0.15) is 12.0 Å². The molecule has 3 aromatic carbocycles. The van der Waals surface area contributed by atoms with Crippen LogP contribution in [0.15, 0.2) is 60.7 Å². The van der Waals surface area contributed by atoms with Gasteiger partial charge in [-0.2, -0.15) is 0 Å². The first-order chi connectivity index (χ1) is 19.3. The van der Waals surface area contributed by atoms with Crippen molar-refractivity contribution >= 4 is 29.3 Å². The number of methoxy groups -OCH3 is 6. The molecule has 0 aromatic heterocycles. The Hall–Kier alpha value is -4.86. The number of benzene rings is 3. The Bertz CT molecular complexity index is 1370. The number of hydrogen-bond acceptors (Lipinski definition) is 8. The number of anilines is 2. The van der Waals surface area contributed by atoms with Gasteiger partial charge in [-0.3, -0.25) is 14.5 Å². The van der Waals surface area contributed by atoms with Crippen LogP contribution < -0.4 is 38.6 Å². The molecular formula is C30H32N2O8. The fourth-order valence-electron chi connectivity index (χ4n) is 4.67. The SMILES string of the molecule is COc1cc(NC(=O)C2(C=Cc3ccccc3)CC(=O)N2c2cc(OC)c(OC)c(OC)c2)cc(OC)c1OC. The van der Waals surface area contributed by atoms with E-state index in [1.165, 1.54) is 47.6 Å². The third kappa shape index (κ3) is 5.07. The number of carbonyl (C=O) groups is 2. The second-order valence-corrected chi connectivity index (χ2v) is 8.83. The van der Waals surface area contributed by atoms with Gasteiger partial charge >= 0.3 is 0 Å². The van der Waals surface area contributed by atoms with E-state index in [0.717, 1.165) is 5.56 Å². The van der Waals surface area contributed by atoms with Crippen molar-refractivity contribution < 1.29 is 38.0 Å². The lowest BCUT2D eigenvalue weighted by molar-refractivity contribution is -0.134. The number of amides is 2. The Kier molecular flexibility index (Phi) is 8.37. The highest BCUT2D eigenvalue weighted by Gasteiger charge is 2.56. The Morgan fingerprint density at radius 2 is 1.27 bits per heavy atom. The van der Waals surface area contributed by atoms with Gasteiger partial charge in [0.2, 0.25) is 17.4 Å². The summed E-state index contributed by atoms with van der Waals surface area (Å²) in [5.41, 5.74) is 0.295. The molecule has 0 spiro atoms. The second kappa shape index (κ2) is 11.9. The number of rotatable bonds is 11. The Balaban J connectivity index is 1.82. The molecule has 40 heavy (non-hydrogen) atoms. The van der Waals surface area contributed by atoms with Gasteiger partial charge in [0, 0.05) is 30.0 Å². The Morgan fingerprint density at radius 1 is 0.775 bits per heavy atom. The molecule has 210 valence electrons. The average Bonchev–Trinajstić information content (AvgIpc) is 2.98. The Labute approximate surface area is 233 Å². The van der Waals surface area contributed by atoms with Crippen LogP contribution in [-0.2, 0) is 9.59 Å². The van der Waals surface area contributed by atoms with E-state index in [2.05, 4.69) is 5.32 Å². The van der Waals surface area contributed by atoms with Crippen molar-refractivity contribution in [3.8, 4) is 34.5 Å². The molecule has 4 rings (SSSR count). The smallest absolute Gasteiger partial charge is 0.255 e. The number of nitrogens with one attached hydrogen (secondary N) is 1. The standard InChI is InChI=1S/C30H32N2O8/c1-35-22-14-20(15-23(36-2)27(22)39-5)31-29(34)30(13-12-19-10-8-7-9-11-19)18-26(33)32(30)21-16-24(37-3)28(40-6)25(17-21)38-4/h7-17H,18H2,1-6H3,(H,31,34). The zero-order valence-electron chi connectivity index (χ0n) is 23.3. The minimum atomic E-state index is -1.38. The zero-order valence-corrected chi connectivity index (χ0v) is 23.3. The molecule has 1 aliphatic rings. The van der Waals surface area contributed by atoms with Crippen molar-refractivity contribution in [2.45, 2.75) is 12.0 Å². The van der Waals surface area contributed by atoms with Crippen LogP contribution in [0.5, 0.6) is 34.5 Å². The van der Waals surface area contributed by atoms with Crippen LogP contribution in [0.4, 0.5) is 11.4 Å². The number of carbonyl (C=O) groups excluding carboxylic acids is 2.